The Morgan fingerprint density at radius 3 is 2.55 bits per heavy atom. The minimum Gasteiger partial charge on any atom is -0.451 e. The van der Waals surface area contributed by atoms with E-state index in [-0.39, 0.29) is 10.9 Å². The molecule has 0 saturated carbocycles. The third kappa shape index (κ3) is 5.27. The molecule has 2 N–H and O–H groups in total. The number of halogens is 2. The molecule has 0 spiro atoms. The first-order chi connectivity index (χ1) is 15.0. The minimum atomic E-state index is -0.434. The summed E-state index contributed by atoms with van der Waals surface area (Å²) in [4.78, 5) is 14.7. The molecular weight excluding hydrogens is 502 g/mol. The van der Waals surface area contributed by atoms with Crippen LogP contribution in [0.5, 0.6) is 0 Å². The van der Waals surface area contributed by atoms with E-state index in [0.29, 0.717) is 24.0 Å². The van der Waals surface area contributed by atoms with E-state index >= 15 is 0 Å². The molecule has 0 bridgehead atoms. The normalized spacial score (nSPS) is 13.7. The van der Waals surface area contributed by atoms with Gasteiger partial charge >= 0.3 is 0 Å². The number of hydrogen-bond acceptors (Lipinski definition) is 5. The van der Waals surface area contributed by atoms with Crippen molar-refractivity contribution in [3.63, 3.8) is 0 Å². The van der Waals surface area contributed by atoms with Crippen LogP contribution in [0.2, 0.25) is 5.02 Å². The minimum absolute atomic E-state index is 0.156. The van der Waals surface area contributed by atoms with E-state index in [1.54, 1.807) is 12.1 Å². The summed E-state index contributed by atoms with van der Waals surface area (Å²) in [6.45, 7) is 2.71. The second kappa shape index (κ2) is 9.82. The highest BCUT2D eigenvalue weighted by Gasteiger charge is 2.19. The quantitative estimate of drug-likeness (QED) is 0.454. The molecule has 0 atom stereocenters. The molecule has 9 heteroatoms. The van der Waals surface area contributed by atoms with Crippen molar-refractivity contribution in [1.29, 1.82) is 0 Å². The zero-order chi connectivity index (χ0) is 21.8. The lowest BCUT2D eigenvalue weighted by atomic mass is 10.2. The molecule has 2 aromatic carbocycles. The Hall–Kier alpha value is -2.39. The van der Waals surface area contributed by atoms with Crippen LogP contribution in [-0.2, 0) is 4.74 Å². The number of benzene rings is 2. The first-order valence-corrected chi connectivity index (χ1v) is 11.2. The van der Waals surface area contributed by atoms with E-state index in [4.69, 9.17) is 33.0 Å². The van der Waals surface area contributed by atoms with Gasteiger partial charge in [0.15, 0.2) is 10.9 Å². The average Bonchev–Trinajstić information content (AvgIpc) is 3.25. The molecule has 1 saturated heterocycles. The molecule has 0 aliphatic carbocycles. The molecule has 1 amide bonds. The average molecular weight is 521 g/mol. The summed E-state index contributed by atoms with van der Waals surface area (Å²) in [5.74, 6) is 0.332. The van der Waals surface area contributed by atoms with Gasteiger partial charge in [-0.3, -0.25) is 10.1 Å². The summed E-state index contributed by atoms with van der Waals surface area (Å²) in [6, 6.07) is 16.5. The van der Waals surface area contributed by atoms with Gasteiger partial charge in [0, 0.05) is 23.1 Å². The summed E-state index contributed by atoms with van der Waals surface area (Å²) in [7, 11) is 0. The number of hydrogen-bond donors (Lipinski definition) is 2. The van der Waals surface area contributed by atoms with Crippen LogP contribution >= 0.6 is 39.7 Å². The second-order valence-corrected chi connectivity index (χ2v) is 8.55. The number of nitrogens with one attached hydrogen (secondary N) is 2. The monoisotopic (exact) mass is 519 g/mol. The smallest absolute Gasteiger partial charge is 0.293 e. The maximum atomic E-state index is 12.6. The van der Waals surface area contributed by atoms with Gasteiger partial charge in [-0.25, -0.2) is 0 Å². The molecule has 1 aromatic heterocycles. The van der Waals surface area contributed by atoms with Crippen molar-refractivity contribution in [1.82, 2.24) is 5.32 Å². The van der Waals surface area contributed by atoms with E-state index in [2.05, 4.69) is 31.5 Å². The number of nitrogens with zero attached hydrogens (tertiary/aromatic N) is 1. The fourth-order valence-electron chi connectivity index (χ4n) is 3.27. The predicted molar refractivity (Wildman–Crippen MR) is 130 cm³/mol. The number of para-hydroxylation sites is 1. The zero-order valence-corrected chi connectivity index (χ0v) is 19.5. The second-order valence-electron chi connectivity index (χ2n) is 6.81. The maximum absolute atomic E-state index is 12.6. The van der Waals surface area contributed by atoms with Crippen molar-refractivity contribution in [2.24, 2.45) is 0 Å². The van der Waals surface area contributed by atoms with Crippen LogP contribution in [0.25, 0.3) is 11.3 Å². The molecule has 6 nitrogen and oxygen atoms in total. The van der Waals surface area contributed by atoms with Crippen molar-refractivity contribution in [3.8, 4) is 11.3 Å². The number of ether oxygens (including phenoxy) is 1. The number of anilines is 2. The van der Waals surface area contributed by atoms with Gasteiger partial charge in [0.2, 0.25) is 0 Å². The van der Waals surface area contributed by atoms with E-state index in [9.17, 15) is 4.79 Å². The molecular formula is C22H19BrClN3O3S. The molecule has 1 fully saturated rings. The Labute approximate surface area is 198 Å². The van der Waals surface area contributed by atoms with Crippen LogP contribution in [-0.4, -0.2) is 37.3 Å². The van der Waals surface area contributed by atoms with Gasteiger partial charge < -0.3 is 19.4 Å². The first-order valence-electron chi connectivity index (χ1n) is 9.60. The van der Waals surface area contributed by atoms with Crippen molar-refractivity contribution in [3.05, 3.63) is 69.9 Å². The fraction of sp³-hybridized carbons (Fsp3) is 0.182. The SMILES string of the molecule is O=C(NC(=S)Nc1cccc(Cl)c1N1CCOCC1)c1ccc(-c2ccc(Br)cc2)o1. The van der Waals surface area contributed by atoms with Crippen molar-refractivity contribution >= 4 is 62.1 Å². The van der Waals surface area contributed by atoms with Gasteiger partial charge in [-0.2, -0.15) is 0 Å². The van der Waals surface area contributed by atoms with Gasteiger partial charge in [-0.15, -0.1) is 0 Å². The number of amides is 1. The number of furan rings is 1. The molecule has 3 aromatic rings. The lowest BCUT2D eigenvalue weighted by Gasteiger charge is -2.31. The lowest BCUT2D eigenvalue weighted by molar-refractivity contribution is 0.0951. The van der Waals surface area contributed by atoms with Crippen LogP contribution in [0.3, 0.4) is 0 Å². The van der Waals surface area contributed by atoms with Crippen molar-refractivity contribution in [2.75, 3.05) is 36.5 Å². The number of carbonyl (C=O) groups is 1. The summed E-state index contributed by atoms with van der Waals surface area (Å²) in [5, 5.41) is 6.50. The van der Waals surface area contributed by atoms with Crippen LogP contribution in [0, 0.1) is 0 Å². The first kappa shape index (κ1) is 21.8. The highest BCUT2D eigenvalue weighted by molar-refractivity contribution is 9.10. The van der Waals surface area contributed by atoms with Gasteiger partial charge in [0.05, 0.1) is 29.6 Å². The summed E-state index contributed by atoms with van der Waals surface area (Å²) < 4.78 is 12.1. The van der Waals surface area contributed by atoms with E-state index in [0.717, 1.165) is 34.5 Å². The third-order valence-electron chi connectivity index (χ3n) is 4.75. The fourth-order valence-corrected chi connectivity index (χ4v) is 4.03. The Balaban J connectivity index is 1.44. The third-order valence-corrected chi connectivity index (χ3v) is 5.79. The Bertz CT molecular complexity index is 1100. The van der Waals surface area contributed by atoms with Crippen molar-refractivity contribution < 1.29 is 13.9 Å². The van der Waals surface area contributed by atoms with Gasteiger partial charge in [-0.1, -0.05) is 45.7 Å². The molecule has 2 heterocycles. The number of morpholine rings is 1. The molecule has 0 unspecified atom stereocenters. The maximum Gasteiger partial charge on any atom is 0.293 e. The van der Waals surface area contributed by atoms with E-state index < -0.39 is 5.91 Å². The number of carbonyl (C=O) groups excluding carboxylic acids is 1. The molecule has 1 aliphatic rings. The van der Waals surface area contributed by atoms with Gasteiger partial charge in [0.1, 0.15) is 5.76 Å². The molecule has 1 aliphatic heterocycles. The zero-order valence-electron chi connectivity index (χ0n) is 16.4. The summed E-state index contributed by atoms with van der Waals surface area (Å²) >= 11 is 15.2. The van der Waals surface area contributed by atoms with Crippen LogP contribution in [0.1, 0.15) is 10.6 Å². The molecule has 4 rings (SSSR count). The number of rotatable bonds is 4. The van der Waals surface area contributed by atoms with Gasteiger partial charge in [0.25, 0.3) is 5.91 Å². The van der Waals surface area contributed by atoms with E-state index in [1.165, 1.54) is 0 Å². The van der Waals surface area contributed by atoms with E-state index in [1.807, 2.05) is 42.5 Å². The largest absolute Gasteiger partial charge is 0.451 e. The molecule has 0 radical (unpaired) electrons. The van der Waals surface area contributed by atoms with Crippen molar-refractivity contribution in [2.45, 2.75) is 0 Å². The highest BCUT2D eigenvalue weighted by atomic mass is 79.9. The lowest BCUT2D eigenvalue weighted by Crippen LogP contribution is -2.38. The summed E-state index contributed by atoms with van der Waals surface area (Å²) in [6.07, 6.45) is 0. The Morgan fingerprint density at radius 1 is 1.06 bits per heavy atom. The topological polar surface area (TPSA) is 66.7 Å². The molecule has 31 heavy (non-hydrogen) atoms. The number of thiocarbonyl (C=S) groups is 1. The predicted octanol–water partition coefficient (Wildman–Crippen LogP) is 5.33. The highest BCUT2D eigenvalue weighted by Crippen LogP contribution is 2.34. The standard InChI is InChI=1S/C22H19BrClN3O3S/c23-15-6-4-14(5-7-15)18-8-9-19(30-18)21(28)26-22(31)25-17-3-1-2-16(24)20(17)27-10-12-29-13-11-27/h1-9H,10-13H2,(H2,25,26,28,31). The van der Waals surface area contributed by atoms with Crippen LogP contribution in [0.15, 0.2) is 63.5 Å². The Kier molecular flexibility index (Phi) is 6.92. The van der Waals surface area contributed by atoms with Gasteiger partial charge in [-0.05, 0) is 48.6 Å². The Morgan fingerprint density at radius 2 is 1.81 bits per heavy atom. The molecule has 160 valence electrons. The van der Waals surface area contributed by atoms with Crippen LogP contribution < -0.4 is 15.5 Å². The summed E-state index contributed by atoms with van der Waals surface area (Å²) in [5.41, 5.74) is 2.42. The van der Waals surface area contributed by atoms with Crippen LogP contribution in [0.4, 0.5) is 11.4 Å².